The van der Waals surface area contributed by atoms with Crippen LogP contribution >= 0.6 is 0 Å². The van der Waals surface area contributed by atoms with Crippen molar-refractivity contribution in [2.45, 2.75) is 19.3 Å². The predicted octanol–water partition coefficient (Wildman–Crippen LogP) is -0.566. The molecule has 94 valence electrons. The first-order chi connectivity index (χ1) is 7.57. The molecule has 4 N–H and O–H groups in total. The average Bonchev–Trinajstić information content (AvgIpc) is 2.23. The number of hydroxylamine groups is 2. The third-order valence-electron chi connectivity index (χ3n) is 1.77. The molecule has 0 saturated heterocycles. The number of carbonyl (C=O) groups is 2. The van der Waals surface area contributed by atoms with Crippen molar-refractivity contribution in [2.24, 2.45) is 5.73 Å². The zero-order chi connectivity index (χ0) is 12.4. The van der Waals surface area contributed by atoms with Crippen molar-refractivity contribution < 1.29 is 24.6 Å². The van der Waals surface area contributed by atoms with Gasteiger partial charge < -0.3 is 15.6 Å². The van der Waals surface area contributed by atoms with Gasteiger partial charge in [0.05, 0.1) is 19.6 Å². The Bertz CT molecular complexity index is 222. The zero-order valence-corrected chi connectivity index (χ0v) is 9.09. The SMILES string of the molecule is NCCOCCC(=O)N(O)CCCC(=O)O. The molecule has 0 atom stereocenters. The normalized spacial score (nSPS) is 10.1. The fourth-order valence-corrected chi connectivity index (χ4v) is 0.979. The first-order valence-electron chi connectivity index (χ1n) is 5.06. The molecular weight excluding hydrogens is 216 g/mol. The second-order valence-electron chi connectivity index (χ2n) is 3.17. The molecule has 7 heteroatoms. The van der Waals surface area contributed by atoms with E-state index in [2.05, 4.69) is 0 Å². The Morgan fingerprint density at radius 1 is 1.25 bits per heavy atom. The second kappa shape index (κ2) is 9.08. The minimum atomic E-state index is -0.952. The topological polar surface area (TPSA) is 113 Å². The van der Waals surface area contributed by atoms with Gasteiger partial charge in [0.25, 0.3) is 0 Å². The molecule has 7 nitrogen and oxygen atoms in total. The summed E-state index contributed by atoms with van der Waals surface area (Å²) in [5, 5.41) is 18.1. The van der Waals surface area contributed by atoms with Crippen molar-refractivity contribution >= 4 is 11.9 Å². The van der Waals surface area contributed by atoms with E-state index in [0.29, 0.717) is 18.2 Å². The highest BCUT2D eigenvalue weighted by atomic mass is 16.5. The van der Waals surface area contributed by atoms with Gasteiger partial charge in [-0.3, -0.25) is 14.8 Å². The minimum Gasteiger partial charge on any atom is -0.481 e. The number of carboxylic acids is 1. The molecule has 0 fully saturated rings. The molecule has 0 radical (unpaired) electrons. The molecule has 0 aromatic carbocycles. The molecule has 0 aliphatic carbocycles. The Kier molecular flexibility index (Phi) is 8.41. The van der Waals surface area contributed by atoms with Crippen LogP contribution in [0, 0.1) is 0 Å². The van der Waals surface area contributed by atoms with Gasteiger partial charge in [-0.2, -0.15) is 0 Å². The number of rotatable bonds is 9. The number of nitrogens with two attached hydrogens (primary N) is 1. The molecule has 0 aromatic rings. The molecule has 0 heterocycles. The summed E-state index contributed by atoms with van der Waals surface area (Å²) in [6.07, 6.45) is 0.207. The van der Waals surface area contributed by atoms with Gasteiger partial charge in [-0.1, -0.05) is 0 Å². The van der Waals surface area contributed by atoms with Crippen LogP contribution in [0.25, 0.3) is 0 Å². The number of hydrogen-bond donors (Lipinski definition) is 3. The molecular formula is C9H18N2O5. The molecule has 0 saturated carbocycles. The summed E-state index contributed by atoms with van der Waals surface area (Å²) in [5.41, 5.74) is 5.17. The fourth-order valence-electron chi connectivity index (χ4n) is 0.979. The van der Waals surface area contributed by atoms with Crippen LogP contribution in [0.3, 0.4) is 0 Å². The molecule has 16 heavy (non-hydrogen) atoms. The fraction of sp³-hybridized carbons (Fsp3) is 0.778. The van der Waals surface area contributed by atoms with E-state index in [9.17, 15) is 14.8 Å². The van der Waals surface area contributed by atoms with Crippen molar-refractivity contribution in [2.75, 3.05) is 26.3 Å². The highest BCUT2D eigenvalue weighted by Crippen LogP contribution is 1.96. The van der Waals surface area contributed by atoms with Crippen LogP contribution in [-0.2, 0) is 14.3 Å². The maximum absolute atomic E-state index is 11.2. The van der Waals surface area contributed by atoms with E-state index in [0.717, 1.165) is 0 Å². The van der Waals surface area contributed by atoms with Gasteiger partial charge in [-0.05, 0) is 6.42 Å². The van der Waals surface area contributed by atoms with Crippen LogP contribution < -0.4 is 5.73 Å². The lowest BCUT2D eigenvalue weighted by Crippen LogP contribution is -2.29. The van der Waals surface area contributed by atoms with Crippen LogP contribution in [0.15, 0.2) is 0 Å². The molecule has 0 aliphatic heterocycles. The summed E-state index contributed by atoms with van der Waals surface area (Å²) in [7, 11) is 0. The summed E-state index contributed by atoms with van der Waals surface area (Å²) >= 11 is 0. The Morgan fingerprint density at radius 2 is 1.94 bits per heavy atom. The third-order valence-corrected chi connectivity index (χ3v) is 1.77. The molecule has 0 aliphatic rings. The van der Waals surface area contributed by atoms with Gasteiger partial charge in [0, 0.05) is 19.5 Å². The number of ether oxygens (including phenoxy) is 1. The van der Waals surface area contributed by atoms with Gasteiger partial charge in [0.2, 0.25) is 5.91 Å². The Morgan fingerprint density at radius 3 is 2.50 bits per heavy atom. The molecule has 0 unspecified atom stereocenters. The zero-order valence-electron chi connectivity index (χ0n) is 9.09. The Balaban J connectivity index is 3.53. The van der Waals surface area contributed by atoms with Crippen molar-refractivity contribution in [3.05, 3.63) is 0 Å². The van der Waals surface area contributed by atoms with E-state index in [1.165, 1.54) is 0 Å². The second-order valence-corrected chi connectivity index (χ2v) is 3.17. The molecule has 0 bridgehead atoms. The van der Waals surface area contributed by atoms with Crippen LogP contribution in [0.2, 0.25) is 0 Å². The van der Waals surface area contributed by atoms with Crippen LogP contribution in [0.1, 0.15) is 19.3 Å². The minimum absolute atomic E-state index is 0.0159. The number of carboxylic acid groups (broad SMARTS) is 1. The maximum atomic E-state index is 11.2. The van der Waals surface area contributed by atoms with E-state index >= 15 is 0 Å². The number of carbonyl (C=O) groups excluding carboxylic acids is 1. The highest BCUT2D eigenvalue weighted by Gasteiger charge is 2.10. The molecule has 0 spiro atoms. The average molecular weight is 234 g/mol. The lowest BCUT2D eigenvalue weighted by molar-refractivity contribution is -0.167. The number of amides is 1. The number of hydrogen-bond acceptors (Lipinski definition) is 5. The van der Waals surface area contributed by atoms with Crippen molar-refractivity contribution in [1.29, 1.82) is 0 Å². The lowest BCUT2D eigenvalue weighted by atomic mass is 10.3. The van der Waals surface area contributed by atoms with Crippen LogP contribution in [0.5, 0.6) is 0 Å². The smallest absolute Gasteiger partial charge is 0.303 e. The van der Waals surface area contributed by atoms with E-state index in [4.69, 9.17) is 15.6 Å². The standard InChI is InChI=1S/C9H18N2O5/c10-4-7-16-6-3-8(12)11(15)5-1-2-9(13)14/h15H,1-7,10H2,(H,13,14). The van der Waals surface area contributed by atoms with Crippen LogP contribution in [-0.4, -0.2) is 53.6 Å². The monoisotopic (exact) mass is 234 g/mol. The van der Waals surface area contributed by atoms with E-state index in [1.54, 1.807) is 0 Å². The molecule has 0 rings (SSSR count). The Hall–Kier alpha value is -1.18. The van der Waals surface area contributed by atoms with E-state index in [-0.39, 0.29) is 32.4 Å². The summed E-state index contributed by atoms with van der Waals surface area (Å²) < 4.78 is 4.97. The highest BCUT2D eigenvalue weighted by molar-refractivity contribution is 5.75. The van der Waals surface area contributed by atoms with Gasteiger partial charge in [0.15, 0.2) is 0 Å². The summed E-state index contributed by atoms with van der Waals surface area (Å²) in [4.78, 5) is 21.4. The first-order valence-corrected chi connectivity index (χ1v) is 5.06. The van der Waals surface area contributed by atoms with E-state index < -0.39 is 11.9 Å². The van der Waals surface area contributed by atoms with Crippen molar-refractivity contribution in [3.63, 3.8) is 0 Å². The molecule has 0 aromatic heterocycles. The van der Waals surface area contributed by atoms with Crippen LogP contribution in [0.4, 0.5) is 0 Å². The van der Waals surface area contributed by atoms with Gasteiger partial charge in [0.1, 0.15) is 0 Å². The summed E-state index contributed by atoms with van der Waals surface area (Å²) in [6.45, 7) is 0.974. The van der Waals surface area contributed by atoms with Crippen molar-refractivity contribution in [3.8, 4) is 0 Å². The summed E-state index contributed by atoms with van der Waals surface area (Å²) in [5.74, 6) is -1.44. The predicted molar refractivity (Wildman–Crippen MR) is 54.9 cm³/mol. The largest absolute Gasteiger partial charge is 0.481 e. The number of nitrogens with zero attached hydrogens (tertiary/aromatic N) is 1. The third kappa shape index (κ3) is 8.16. The van der Waals surface area contributed by atoms with Gasteiger partial charge in [-0.15, -0.1) is 0 Å². The quantitative estimate of drug-likeness (QED) is 0.280. The van der Waals surface area contributed by atoms with Gasteiger partial charge >= 0.3 is 5.97 Å². The number of aliphatic carboxylic acids is 1. The maximum Gasteiger partial charge on any atom is 0.303 e. The Labute approximate surface area is 93.7 Å². The first kappa shape index (κ1) is 14.8. The van der Waals surface area contributed by atoms with E-state index in [1.807, 2.05) is 0 Å². The summed E-state index contributed by atoms with van der Waals surface area (Å²) in [6, 6.07) is 0. The lowest BCUT2D eigenvalue weighted by Gasteiger charge is -2.14. The van der Waals surface area contributed by atoms with Gasteiger partial charge in [-0.25, -0.2) is 5.06 Å². The molecule has 1 amide bonds. The van der Waals surface area contributed by atoms with Crippen molar-refractivity contribution in [1.82, 2.24) is 5.06 Å².